The van der Waals surface area contributed by atoms with Crippen molar-refractivity contribution < 1.29 is 19.4 Å². The monoisotopic (exact) mass is 269 g/mol. The maximum atomic E-state index is 12.1. The highest BCUT2D eigenvalue weighted by Gasteiger charge is 2.33. The summed E-state index contributed by atoms with van der Waals surface area (Å²) in [5.74, 6) is -0.381. The number of hydrogen-bond acceptors (Lipinski definition) is 3. The van der Waals surface area contributed by atoms with Gasteiger partial charge in [-0.25, -0.2) is 4.79 Å². The van der Waals surface area contributed by atoms with Gasteiger partial charge in [0.05, 0.1) is 0 Å². The van der Waals surface area contributed by atoms with Crippen LogP contribution in [0.1, 0.15) is 39.0 Å². The number of nitrogens with one attached hydrogen (secondary N) is 1. The first-order valence-corrected chi connectivity index (χ1v) is 7.19. The third-order valence-corrected chi connectivity index (χ3v) is 4.27. The molecular formula is C14H23NO4. The van der Waals surface area contributed by atoms with Crippen LogP contribution in [0, 0.1) is 17.8 Å². The van der Waals surface area contributed by atoms with Gasteiger partial charge in [-0.15, -0.1) is 0 Å². The van der Waals surface area contributed by atoms with Gasteiger partial charge in [0.1, 0.15) is 6.04 Å². The molecule has 1 saturated carbocycles. The summed E-state index contributed by atoms with van der Waals surface area (Å²) in [7, 11) is 0. The Morgan fingerprint density at radius 1 is 1.26 bits per heavy atom. The number of carboxylic acids is 1. The van der Waals surface area contributed by atoms with Crippen LogP contribution in [0.3, 0.4) is 0 Å². The van der Waals surface area contributed by atoms with E-state index >= 15 is 0 Å². The number of ether oxygens (including phenoxy) is 1. The van der Waals surface area contributed by atoms with Crippen LogP contribution in [0.2, 0.25) is 0 Å². The van der Waals surface area contributed by atoms with Crippen molar-refractivity contribution in [3.05, 3.63) is 0 Å². The van der Waals surface area contributed by atoms with Gasteiger partial charge >= 0.3 is 5.97 Å². The van der Waals surface area contributed by atoms with Crippen LogP contribution in [0.15, 0.2) is 0 Å². The summed E-state index contributed by atoms with van der Waals surface area (Å²) in [6.45, 7) is 3.29. The molecule has 2 fully saturated rings. The first-order valence-electron chi connectivity index (χ1n) is 7.19. The maximum absolute atomic E-state index is 12.1. The molecule has 0 bridgehead atoms. The van der Waals surface area contributed by atoms with Gasteiger partial charge in [-0.3, -0.25) is 4.79 Å². The smallest absolute Gasteiger partial charge is 0.326 e. The van der Waals surface area contributed by atoms with Crippen LogP contribution in [-0.4, -0.2) is 36.2 Å². The zero-order valence-corrected chi connectivity index (χ0v) is 11.4. The fourth-order valence-electron chi connectivity index (χ4n) is 2.64. The average Bonchev–Trinajstić information content (AvgIpc) is 3.22. The lowest BCUT2D eigenvalue weighted by molar-refractivity contribution is -0.143. The van der Waals surface area contributed by atoms with Crippen molar-refractivity contribution in [3.63, 3.8) is 0 Å². The molecule has 1 aliphatic heterocycles. The van der Waals surface area contributed by atoms with E-state index in [0.717, 1.165) is 25.7 Å². The van der Waals surface area contributed by atoms with Crippen molar-refractivity contribution in [2.24, 2.45) is 17.8 Å². The largest absolute Gasteiger partial charge is 0.480 e. The molecule has 1 amide bonds. The Labute approximate surface area is 113 Å². The lowest BCUT2D eigenvalue weighted by Crippen LogP contribution is -2.45. The summed E-state index contributed by atoms with van der Waals surface area (Å²) in [4.78, 5) is 23.3. The molecular weight excluding hydrogens is 246 g/mol. The van der Waals surface area contributed by atoms with Gasteiger partial charge < -0.3 is 15.2 Å². The molecule has 0 aromatic heterocycles. The minimum absolute atomic E-state index is 0.125. The summed E-state index contributed by atoms with van der Waals surface area (Å²) >= 11 is 0. The van der Waals surface area contributed by atoms with Crippen LogP contribution in [0.5, 0.6) is 0 Å². The highest BCUT2D eigenvalue weighted by atomic mass is 16.5. The Kier molecular flexibility index (Phi) is 4.80. The van der Waals surface area contributed by atoms with E-state index in [1.807, 2.05) is 6.92 Å². The molecule has 0 spiro atoms. The number of carbonyl (C=O) groups excluding carboxylic acids is 1. The number of hydrogen-bond donors (Lipinski definition) is 2. The van der Waals surface area contributed by atoms with Crippen LogP contribution in [0.4, 0.5) is 0 Å². The Morgan fingerprint density at radius 2 is 1.89 bits per heavy atom. The normalized spacial score (nSPS) is 23.6. The predicted molar refractivity (Wildman–Crippen MR) is 69.6 cm³/mol. The van der Waals surface area contributed by atoms with Gasteiger partial charge in [0.15, 0.2) is 0 Å². The van der Waals surface area contributed by atoms with Crippen molar-refractivity contribution >= 4 is 11.9 Å². The molecule has 5 nitrogen and oxygen atoms in total. The third-order valence-electron chi connectivity index (χ3n) is 4.27. The van der Waals surface area contributed by atoms with Crippen molar-refractivity contribution in [2.75, 3.05) is 13.2 Å². The van der Waals surface area contributed by atoms with E-state index in [1.54, 1.807) is 0 Å². The SMILES string of the molecule is CC(C(=O)NC(CC1CC1)C(=O)O)C1CCOCC1. The molecule has 2 unspecified atom stereocenters. The number of aliphatic carboxylic acids is 1. The van der Waals surface area contributed by atoms with Crippen LogP contribution >= 0.6 is 0 Å². The second-order valence-electron chi connectivity index (χ2n) is 5.82. The lowest BCUT2D eigenvalue weighted by Gasteiger charge is -2.28. The molecule has 19 heavy (non-hydrogen) atoms. The number of rotatable bonds is 6. The molecule has 0 aromatic carbocycles. The second kappa shape index (κ2) is 6.37. The van der Waals surface area contributed by atoms with Crippen LogP contribution in [0.25, 0.3) is 0 Å². The lowest BCUT2D eigenvalue weighted by atomic mass is 9.86. The van der Waals surface area contributed by atoms with E-state index in [1.165, 1.54) is 0 Å². The number of carbonyl (C=O) groups is 2. The minimum atomic E-state index is -0.917. The summed E-state index contributed by atoms with van der Waals surface area (Å²) in [6, 6.07) is -0.720. The fraction of sp³-hybridized carbons (Fsp3) is 0.857. The van der Waals surface area contributed by atoms with Crippen LogP contribution in [-0.2, 0) is 14.3 Å². The molecule has 2 aliphatic rings. The average molecular weight is 269 g/mol. The summed E-state index contributed by atoms with van der Waals surface area (Å²) in [5, 5.41) is 11.9. The second-order valence-corrected chi connectivity index (χ2v) is 5.82. The van der Waals surface area contributed by atoms with E-state index in [9.17, 15) is 9.59 Å². The molecule has 0 radical (unpaired) electrons. The molecule has 108 valence electrons. The van der Waals surface area contributed by atoms with E-state index in [2.05, 4.69) is 5.32 Å². The molecule has 0 aromatic rings. The van der Waals surface area contributed by atoms with E-state index in [4.69, 9.17) is 9.84 Å². The van der Waals surface area contributed by atoms with Gasteiger partial charge in [0.2, 0.25) is 5.91 Å². The van der Waals surface area contributed by atoms with Gasteiger partial charge in [0.25, 0.3) is 0 Å². The Bertz CT molecular complexity index is 334. The van der Waals surface area contributed by atoms with Gasteiger partial charge in [-0.05, 0) is 31.1 Å². The van der Waals surface area contributed by atoms with Gasteiger partial charge in [-0.2, -0.15) is 0 Å². The molecule has 2 N–H and O–H groups in total. The standard InChI is InChI=1S/C14H23NO4/c1-9(11-4-6-19-7-5-11)13(16)15-12(14(17)18)8-10-2-3-10/h9-12H,2-8H2,1H3,(H,15,16)(H,17,18). The summed E-state index contributed by atoms with van der Waals surface area (Å²) in [6.07, 6.45) is 4.52. The van der Waals surface area contributed by atoms with Crippen molar-refractivity contribution in [2.45, 2.75) is 45.1 Å². The molecule has 1 saturated heterocycles. The Hall–Kier alpha value is -1.10. The quantitative estimate of drug-likeness (QED) is 0.764. The number of carboxylic acid groups (broad SMARTS) is 1. The van der Waals surface area contributed by atoms with Gasteiger partial charge in [-0.1, -0.05) is 19.8 Å². The molecule has 5 heteroatoms. The molecule has 1 aliphatic carbocycles. The van der Waals surface area contributed by atoms with Crippen molar-refractivity contribution in [1.29, 1.82) is 0 Å². The Morgan fingerprint density at radius 3 is 2.42 bits per heavy atom. The summed E-state index contributed by atoms with van der Waals surface area (Å²) in [5.41, 5.74) is 0. The fourth-order valence-corrected chi connectivity index (χ4v) is 2.64. The first-order chi connectivity index (χ1) is 9.08. The highest BCUT2D eigenvalue weighted by Crippen LogP contribution is 2.33. The van der Waals surface area contributed by atoms with Crippen molar-refractivity contribution in [1.82, 2.24) is 5.32 Å². The van der Waals surface area contributed by atoms with E-state index < -0.39 is 12.0 Å². The van der Waals surface area contributed by atoms with E-state index in [-0.39, 0.29) is 11.8 Å². The van der Waals surface area contributed by atoms with E-state index in [0.29, 0.717) is 31.5 Å². The maximum Gasteiger partial charge on any atom is 0.326 e. The third kappa shape index (κ3) is 4.20. The number of amides is 1. The molecule has 2 atom stereocenters. The predicted octanol–water partition coefficient (Wildman–Crippen LogP) is 1.42. The zero-order chi connectivity index (χ0) is 13.8. The summed E-state index contributed by atoms with van der Waals surface area (Å²) < 4.78 is 5.28. The topological polar surface area (TPSA) is 75.6 Å². The Balaban J connectivity index is 1.84. The zero-order valence-electron chi connectivity index (χ0n) is 11.4. The van der Waals surface area contributed by atoms with Crippen LogP contribution < -0.4 is 5.32 Å². The first kappa shape index (κ1) is 14.3. The highest BCUT2D eigenvalue weighted by molar-refractivity contribution is 5.84. The van der Waals surface area contributed by atoms with Crippen molar-refractivity contribution in [3.8, 4) is 0 Å². The molecule has 1 heterocycles. The van der Waals surface area contributed by atoms with Gasteiger partial charge in [0, 0.05) is 19.1 Å². The minimum Gasteiger partial charge on any atom is -0.480 e. The molecule has 2 rings (SSSR count).